The van der Waals surface area contributed by atoms with Crippen molar-refractivity contribution in [1.82, 2.24) is 20.9 Å². The lowest BCUT2D eigenvalue weighted by molar-refractivity contribution is -0.147. The van der Waals surface area contributed by atoms with E-state index in [0.717, 1.165) is 10.9 Å². The fraction of sp³-hybridized carbons (Fsp3) is 0.333. The van der Waals surface area contributed by atoms with Gasteiger partial charge in [-0.15, -0.1) is 0 Å². The second-order valence-electron chi connectivity index (χ2n) is 10.4. The van der Waals surface area contributed by atoms with E-state index in [2.05, 4.69) is 25.9 Å². The number of hydrogen-bond acceptors (Lipinski definition) is 7. The van der Waals surface area contributed by atoms with Crippen LogP contribution in [-0.2, 0) is 36.8 Å². The number of guanidine groups is 1. The molecule has 0 aliphatic carbocycles. The summed E-state index contributed by atoms with van der Waals surface area (Å²) in [4.78, 5) is 70.0. The first kappa shape index (κ1) is 34.1. The average Bonchev–Trinajstić information content (AvgIpc) is 3.40. The Morgan fingerprint density at radius 3 is 2.04 bits per heavy atom. The molecule has 4 unspecified atom stereocenters. The minimum Gasteiger partial charge on any atom is -0.481 e. The number of carboxylic acid groups (broad SMARTS) is 2. The molecular formula is C30H38N8O7. The van der Waals surface area contributed by atoms with E-state index in [1.54, 1.807) is 42.6 Å². The van der Waals surface area contributed by atoms with Crippen LogP contribution >= 0.6 is 0 Å². The SMILES string of the molecule is NC(N)=NCCCC(N)C(=O)NC(Cc1ccccc1)C(=O)NC(Cc1c[nH]c2ccccc12)C(=O)NC(CC(=O)O)C(=O)O. The van der Waals surface area contributed by atoms with Crippen LogP contribution in [0.3, 0.4) is 0 Å². The number of rotatable bonds is 17. The van der Waals surface area contributed by atoms with Crippen molar-refractivity contribution in [3.8, 4) is 0 Å². The molecule has 0 saturated heterocycles. The maximum atomic E-state index is 13.7. The summed E-state index contributed by atoms with van der Waals surface area (Å²) in [6.07, 6.45) is 1.41. The molecule has 0 saturated carbocycles. The number of carboxylic acids is 2. The number of fused-ring (bicyclic) bond motifs is 1. The van der Waals surface area contributed by atoms with Crippen LogP contribution in [0.4, 0.5) is 0 Å². The van der Waals surface area contributed by atoms with Crippen LogP contribution in [-0.4, -0.2) is 81.5 Å². The predicted molar refractivity (Wildman–Crippen MR) is 166 cm³/mol. The van der Waals surface area contributed by atoms with Crippen molar-refractivity contribution >= 4 is 46.5 Å². The molecule has 0 aliphatic heterocycles. The summed E-state index contributed by atoms with van der Waals surface area (Å²) in [6, 6.07) is 10.9. The zero-order valence-electron chi connectivity index (χ0n) is 24.4. The molecule has 12 N–H and O–H groups in total. The summed E-state index contributed by atoms with van der Waals surface area (Å²) in [5.41, 5.74) is 18.8. The second kappa shape index (κ2) is 16.4. The van der Waals surface area contributed by atoms with Crippen molar-refractivity contribution in [2.45, 2.75) is 56.3 Å². The van der Waals surface area contributed by atoms with E-state index in [9.17, 15) is 29.1 Å². The molecule has 3 rings (SSSR count). The predicted octanol–water partition coefficient (Wildman–Crippen LogP) is -0.652. The monoisotopic (exact) mass is 622 g/mol. The minimum atomic E-state index is -1.74. The van der Waals surface area contributed by atoms with Crippen LogP contribution in [0.1, 0.15) is 30.4 Å². The highest BCUT2D eigenvalue weighted by atomic mass is 16.4. The Morgan fingerprint density at radius 1 is 0.800 bits per heavy atom. The maximum absolute atomic E-state index is 13.7. The van der Waals surface area contributed by atoms with E-state index < -0.39 is 60.2 Å². The Morgan fingerprint density at radius 2 is 1.40 bits per heavy atom. The lowest BCUT2D eigenvalue weighted by Crippen LogP contribution is -2.58. The Labute approximate surface area is 258 Å². The minimum absolute atomic E-state index is 0.0529. The van der Waals surface area contributed by atoms with Crippen molar-refractivity contribution < 1.29 is 34.2 Å². The van der Waals surface area contributed by atoms with E-state index in [4.69, 9.17) is 22.3 Å². The number of benzene rings is 2. The Hall–Kier alpha value is -5.44. The van der Waals surface area contributed by atoms with Gasteiger partial charge in [0.25, 0.3) is 0 Å². The fourth-order valence-corrected chi connectivity index (χ4v) is 4.64. The maximum Gasteiger partial charge on any atom is 0.326 e. The van der Waals surface area contributed by atoms with Crippen molar-refractivity contribution in [3.63, 3.8) is 0 Å². The molecule has 45 heavy (non-hydrogen) atoms. The van der Waals surface area contributed by atoms with Gasteiger partial charge in [0, 0.05) is 36.5 Å². The highest BCUT2D eigenvalue weighted by Gasteiger charge is 2.32. The van der Waals surface area contributed by atoms with Crippen LogP contribution in [0.15, 0.2) is 65.8 Å². The van der Waals surface area contributed by atoms with Gasteiger partial charge in [-0.3, -0.25) is 24.2 Å². The quantitative estimate of drug-likeness (QED) is 0.0521. The van der Waals surface area contributed by atoms with Gasteiger partial charge in [0.05, 0.1) is 12.5 Å². The van der Waals surface area contributed by atoms with Crippen LogP contribution < -0.4 is 33.2 Å². The van der Waals surface area contributed by atoms with Crippen molar-refractivity contribution in [3.05, 3.63) is 71.9 Å². The summed E-state index contributed by atoms with van der Waals surface area (Å²) in [5.74, 6) is -5.32. The highest BCUT2D eigenvalue weighted by Crippen LogP contribution is 2.19. The largest absolute Gasteiger partial charge is 0.481 e. The molecule has 1 aromatic heterocycles. The summed E-state index contributed by atoms with van der Waals surface area (Å²) in [6.45, 7) is 0.265. The number of amides is 3. The molecule has 0 aliphatic rings. The van der Waals surface area contributed by atoms with Gasteiger partial charge in [-0.05, 0) is 30.0 Å². The summed E-state index contributed by atoms with van der Waals surface area (Å²) >= 11 is 0. The number of aromatic nitrogens is 1. The van der Waals surface area contributed by atoms with Gasteiger partial charge in [0.15, 0.2) is 5.96 Å². The van der Waals surface area contributed by atoms with Gasteiger partial charge in [0.1, 0.15) is 18.1 Å². The third kappa shape index (κ3) is 10.7. The molecule has 3 amide bonds. The summed E-state index contributed by atoms with van der Waals surface area (Å²) in [7, 11) is 0. The smallest absolute Gasteiger partial charge is 0.326 e. The first-order valence-electron chi connectivity index (χ1n) is 14.2. The molecule has 0 spiro atoms. The van der Waals surface area contributed by atoms with E-state index in [1.807, 2.05) is 18.2 Å². The lowest BCUT2D eigenvalue weighted by Gasteiger charge is -2.25. The van der Waals surface area contributed by atoms with Crippen LogP contribution in [0.5, 0.6) is 0 Å². The number of H-pyrrole nitrogens is 1. The van der Waals surface area contributed by atoms with Gasteiger partial charge < -0.3 is 48.3 Å². The van der Waals surface area contributed by atoms with Gasteiger partial charge in [0.2, 0.25) is 17.7 Å². The lowest BCUT2D eigenvalue weighted by atomic mass is 10.0. The van der Waals surface area contributed by atoms with Crippen LogP contribution in [0.2, 0.25) is 0 Å². The Kier molecular flexibility index (Phi) is 12.4. The molecule has 4 atom stereocenters. The van der Waals surface area contributed by atoms with Gasteiger partial charge in [-0.25, -0.2) is 4.79 Å². The summed E-state index contributed by atoms with van der Waals surface area (Å²) < 4.78 is 0. The van der Waals surface area contributed by atoms with E-state index in [-0.39, 0.29) is 31.8 Å². The van der Waals surface area contributed by atoms with Crippen molar-refractivity contribution in [2.24, 2.45) is 22.2 Å². The first-order valence-corrected chi connectivity index (χ1v) is 14.2. The van der Waals surface area contributed by atoms with E-state index >= 15 is 0 Å². The second-order valence-corrected chi connectivity index (χ2v) is 10.4. The molecule has 0 fully saturated rings. The standard InChI is InChI=1S/C30H38N8O7/c31-20(10-6-12-34-30(32)33)26(41)36-22(13-17-7-2-1-3-8-17)27(42)37-23(28(43)38-24(29(44)45)15-25(39)40)14-18-16-35-21-11-5-4-9-19(18)21/h1-5,7-9,11,16,20,22-24,35H,6,10,12-15,31H2,(H,36,41)(H,37,42)(H,38,43)(H,39,40)(H,44,45)(H4,32,33,34). The molecular weight excluding hydrogens is 584 g/mol. The molecule has 0 bridgehead atoms. The fourth-order valence-electron chi connectivity index (χ4n) is 4.64. The number of carbonyl (C=O) groups is 5. The number of nitrogens with one attached hydrogen (secondary N) is 4. The molecule has 15 heteroatoms. The highest BCUT2D eigenvalue weighted by molar-refractivity contribution is 5.95. The number of aliphatic carboxylic acids is 2. The number of nitrogens with two attached hydrogens (primary N) is 3. The average molecular weight is 623 g/mol. The molecule has 2 aromatic carbocycles. The number of hydrogen-bond donors (Lipinski definition) is 9. The molecule has 15 nitrogen and oxygen atoms in total. The normalized spacial score (nSPS) is 13.5. The van der Waals surface area contributed by atoms with E-state index in [1.165, 1.54) is 0 Å². The summed E-state index contributed by atoms with van der Waals surface area (Å²) in [5, 5.41) is 26.9. The number of aliphatic imine (C=N–C) groups is 1. The van der Waals surface area contributed by atoms with Crippen LogP contribution in [0, 0.1) is 0 Å². The number of para-hydroxylation sites is 1. The Bertz CT molecular complexity index is 1520. The Balaban J connectivity index is 1.85. The molecule has 240 valence electrons. The van der Waals surface area contributed by atoms with E-state index in [0.29, 0.717) is 17.5 Å². The first-order chi connectivity index (χ1) is 21.4. The topological polar surface area (TPSA) is 268 Å². The molecule has 0 radical (unpaired) electrons. The van der Waals surface area contributed by atoms with Crippen molar-refractivity contribution in [2.75, 3.05) is 6.54 Å². The third-order valence-corrected chi connectivity index (χ3v) is 6.95. The van der Waals surface area contributed by atoms with Crippen molar-refractivity contribution in [1.29, 1.82) is 0 Å². The number of aromatic amines is 1. The molecule has 3 aromatic rings. The number of carbonyl (C=O) groups excluding carboxylic acids is 3. The molecule has 1 heterocycles. The van der Waals surface area contributed by atoms with Crippen LogP contribution in [0.25, 0.3) is 10.9 Å². The van der Waals surface area contributed by atoms with Gasteiger partial charge in [-0.2, -0.15) is 0 Å². The van der Waals surface area contributed by atoms with Gasteiger partial charge in [-0.1, -0.05) is 48.5 Å². The zero-order chi connectivity index (χ0) is 32.9. The third-order valence-electron chi connectivity index (χ3n) is 6.95. The zero-order valence-corrected chi connectivity index (χ0v) is 24.4. The number of nitrogens with zero attached hydrogens (tertiary/aromatic N) is 1. The van der Waals surface area contributed by atoms with Gasteiger partial charge >= 0.3 is 11.9 Å².